The van der Waals surface area contributed by atoms with Crippen molar-refractivity contribution >= 4 is 0 Å². The van der Waals surface area contributed by atoms with Crippen molar-refractivity contribution in [1.29, 1.82) is 0 Å². The van der Waals surface area contributed by atoms with E-state index in [4.69, 9.17) is 9.47 Å². The molecule has 4 heteroatoms. The summed E-state index contributed by atoms with van der Waals surface area (Å²) in [6, 6.07) is 0. The maximum Gasteiger partial charge on any atom is 0.0589 e. The van der Waals surface area contributed by atoms with Crippen LogP contribution in [0.4, 0.5) is 0 Å². The zero-order chi connectivity index (χ0) is 14.0. The number of piperidine rings is 1. The monoisotopic (exact) mass is 272 g/mol. The second-order valence-electron chi connectivity index (χ2n) is 5.75. The Kier molecular flexibility index (Phi) is 8.62. The number of ether oxygens (including phenoxy) is 2. The smallest absolute Gasteiger partial charge is 0.0589 e. The fourth-order valence-corrected chi connectivity index (χ4v) is 2.98. The van der Waals surface area contributed by atoms with Crippen LogP contribution in [-0.2, 0) is 9.47 Å². The second-order valence-corrected chi connectivity index (χ2v) is 5.75. The van der Waals surface area contributed by atoms with E-state index in [1.807, 2.05) is 0 Å². The third-order valence-corrected chi connectivity index (χ3v) is 4.30. The van der Waals surface area contributed by atoms with Crippen molar-refractivity contribution in [3.63, 3.8) is 0 Å². The maximum absolute atomic E-state index is 5.25. The number of nitrogens with zero attached hydrogens (tertiary/aromatic N) is 1. The highest BCUT2D eigenvalue weighted by Gasteiger charge is 2.31. The largest absolute Gasteiger partial charge is 0.385 e. The van der Waals surface area contributed by atoms with Crippen molar-refractivity contribution in [3.05, 3.63) is 0 Å². The number of hydrogen-bond donors (Lipinski definition) is 1. The highest BCUT2D eigenvalue weighted by atomic mass is 16.5. The van der Waals surface area contributed by atoms with Crippen LogP contribution in [0, 0.1) is 5.41 Å². The molecular formula is C15H32N2O2. The quantitative estimate of drug-likeness (QED) is 0.614. The molecule has 0 aromatic carbocycles. The Morgan fingerprint density at radius 1 is 1.16 bits per heavy atom. The number of rotatable bonds is 10. The summed E-state index contributed by atoms with van der Waals surface area (Å²) >= 11 is 0. The van der Waals surface area contributed by atoms with Gasteiger partial charge in [0, 0.05) is 47.0 Å². The first-order chi connectivity index (χ1) is 9.26. The van der Waals surface area contributed by atoms with E-state index in [1.165, 1.54) is 32.4 Å². The fraction of sp³-hybridized carbons (Fsp3) is 1.00. The molecule has 0 aromatic rings. The van der Waals surface area contributed by atoms with Gasteiger partial charge in [-0.05, 0) is 37.6 Å². The topological polar surface area (TPSA) is 33.7 Å². The Labute approximate surface area is 118 Å². The van der Waals surface area contributed by atoms with Crippen molar-refractivity contribution in [2.75, 3.05) is 60.2 Å². The minimum Gasteiger partial charge on any atom is -0.385 e. The van der Waals surface area contributed by atoms with Crippen LogP contribution in [0.3, 0.4) is 0 Å². The van der Waals surface area contributed by atoms with Crippen LogP contribution in [-0.4, -0.2) is 65.1 Å². The zero-order valence-electron chi connectivity index (χ0n) is 13.0. The Morgan fingerprint density at radius 3 is 2.53 bits per heavy atom. The summed E-state index contributed by atoms with van der Waals surface area (Å²) in [5.74, 6) is 0. The predicted octanol–water partition coefficient (Wildman–Crippen LogP) is 1.75. The first-order valence-corrected chi connectivity index (χ1v) is 7.67. The van der Waals surface area contributed by atoms with Gasteiger partial charge in [0.15, 0.2) is 0 Å². The molecule has 1 saturated heterocycles. The molecule has 1 atom stereocenters. The molecule has 0 amide bonds. The van der Waals surface area contributed by atoms with Crippen LogP contribution in [0.25, 0.3) is 0 Å². The van der Waals surface area contributed by atoms with Gasteiger partial charge in [0.1, 0.15) is 0 Å². The summed E-state index contributed by atoms with van der Waals surface area (Å²) in [6.45, 7) is 9.67. The Hall–Kier alpha value is -0.160. The van der Waals surface area contributed by atoms with Gasteiger partial charge in [-0.15, -0.1) is 0 Å². The lowest BCUT2D eigenvalue weighted by molar-refractivity contribution is 0.0774. The van der Waals surface area contributed by atoms with Crippen LogP contribution in [0.2, 0.25) is 0 Å². The molecule has 0 aliphatic carbocycles. The van der Waals surface area contributed by atoms with Crippen LogP contribution < -0.4 is 5.32 Å². The van der Waals surface area contributed by atoms with Gasteiger partial charge in [0.2, 0.25) is 0 Å². The summed E-state index contributed by atoms with van der Waals surface area (Å²) in [5.41, 5.74) is 0.457. The van der Waals surface area contributed by atoms with Crippen LogP contribution >= 0.6 is 0 Å². The molecule has 1 rings (SSSR count). The van der Waals surface area contributed by atoms with Gasteiger partial charge in [-0.1, -0.05) is 6.92 Å². The summed E-state index contributed by atoms with van der Waals surface area (Å²) in [7, 11) is 3.56. The summed E-state index contributed by atoms with van der Waals surface area (Å²) in [6.07, 6.45) is 5.02. The first kappa shape index (κ1) is 16.9. The lowest BCUT2D eigenvalue weighted by atomic mass is 9.78. The van der Waals surface area contributed by atoms with Crippen molar-refractivity contribution in [3.8, 4) is 0 Å². The average Bonchev–Trinajstić information content (AvgIpc) is 2.46. The molecule has 0 bridgehead atoms. The SMILES string of the molecule is CCC1(CN(CCCOC)CCOC)CCCNC1. The van der Waals surface area contributed by atoms with E-state index in [2.05, 4.69) is 17.1 Å². The van der Waals surface area contributed by atoms with Gasteiger partial charge in [0.05, 0.1) is 6.61 Å². The lowest BCUT2D eigenvalue weighted by Gasteiger charge is -2.41. The molecule has 19 heavy (non-hydrogen) atoms. The molecule has 1 N–H and O–H groups in total. The van der Waals surface area contributed by atoms with E-state index in [-0.39, 0.29) is 0 Å². The Balaban J connectivity index is 2.47. The van der Waals surface area contributed by atoms with Gasteiger partial charge >= 0.3 is 0 Å². The van der Waals surface area contributed by atoms with Crippen molar-refractivity contribution in [2.45, 2.75) is 32.6 Å². The molecule has 1 aliphatic heterocycles. The lowest BCUT2D eigenvalue weighted by Crippen LogP contribution is -2.48. The molecule has 0 saturated carbocycles. The summed E-state index contributed by atoms with van der Waals surface area (Å²) in [4.78, 5) is 2.55. The molecule has 1 aliphatic rings. The van der Waals surface area contributed by atoms with E-state index in [0.717, 1.165) is 39.3 Å². The fourth-order valence-electron chi connectivity index (χ4n) is 2.98. The van der Waals surface area contributed by atoms with Gasteiger partial charge in [-0.25, -0.2) is 0 Å². The molecule has 1 fully saturated rings. The van der Waals surface area contributed by atoms with Crippen molar-refractivity contribution in [1.82, 2.24) is 10.2 Å². The van der Waals surface area contributed by atoms with E-state index in [1.54, 1.807) is 14.2 Å². The molecule has 0 radical (unpaired) electrons. The third-order valence-electron chi connectivity index (χ3n) is 4.30. The van der Waals surface area contributed by atoms with Crippen LogP contribution in [0.15, 0.2) is 0 Å². The van der Waals surface area contributed by atoms with E-state index < -0.39 is 0 Å². The van der Waals surface area contributed by atoms with Crippen LogP contribution in [0.1, 0.15) is 32.6 Å². The summed E-state index contributed by atoms with van der Waals surface area (Å²) < 4.78 is 10.4. The second kappa shape index (κ2) is 9.70. The molecule has 1 heterocycles. The van der Waals surface area contributed by atoms with Gasteiger partial charge in [-0.3, -0.25) is 0 Å². The highest BCUT2D eigenvalue weighted by Crippen LogP contribution is 2.31. The number of hydrogen-bond acceptors (Lipinski definition) is 4. The normalized spacial score (nSPS) is 24.0. The third kappa shape index (κ3) is 6.21. The maximum atomic E-state index is 5.25. The predicted molar refractivity (Wildman–Crippen MR) is 79.6 cm³/mol. The molecule has 0 aromatic heterocycles. The Bertz CT molecular complexity index is 218. The van der Waals surface area contributed by atoms with E-state index in [0.29, 0.717) is 5.41 Å². The van der Waals surface area contributed by atoms with E-state index >= 15 is 0 Å². The minimum absolute atomic E-state index is 0.457. The number of methoxy groups -OCH3 is 2. The molecule has 1 unspecified atom stereocenters. The van der Waals surface area contributed by atoms with E-state index in [9.17, 15) is 0 Å². The minimum atomic E-state index is 0.457. The van der Waals surface area contributed by atoms with Gasteiger partial charge < -0.3 is 19.7 Å². The molecule has 4 nitrogen and oxygen atoms in total. The van der Waals surface area contributed by atoms with Crippen molar-refractivity contribution in [2.24, 2.45) is 5.41 Å². The molecule has 114 valence electrons. The first-order valence-electron chi connectivity index (χ1n) is 7.67. The molecule has 0 spiro atoms. The standard InChI is InChI=1S/C15H32N2O2/c1-4-15(7-5-8-16-13-15)14-17(10-12-19-3)9-6-11-18-2/h16H,4-14H2,1-3H3. The Morgan fingerprint density at radius 2 is 1.95 bits per heavy atom. The van der Waals surface area contributed by atoms with Crippen molar-refractivity contribution < 1.29 is 9.47 Å². The highest BCUT2D eigenvalue weighted by molar-refractivity contribution is 4.87. The molecular weight excluding hydrogens is 240 g/mol. The zero-order valence-corrected chi connectivity index (χ0v) is 13.0. The number of nitrogens with one attached hydrogen (secondary N) is 1. The van der Waals surface area contributed by atoms with Gasteiger partial charge in [-0.2, -0.15) is 0 Å². The van der Waals surface area contributed by atoms with Crippen LogP contribution in [0.5, 0.6) is 0 Å². The summed E-state index contributed by atoms with van der Waals surface area (Å²) in [5, 5.41) is 3.57. The van der Waals surface area contributed by atoms with Gasteiger partial charge in [0.25, 0.3) is 0 Å². The average molecular weight is 272 g/mol.